The van der Waals surface area contributed by atoms with Gasteiger partial charge in [0.15, 0.2) is 11.5 Å². The molecule has 3 aromatic rings. The minimum absolute atomic E-state index is 0.114. The molecule has 0 atom stereocenters. The van der Waals surface area contributed by atoms with Crippen molar-refractivity contribution >= 4 is 23.0 Å². The fourth-order valence-electron chi connectivity index (χ4n) is 2.85. The van der Waals surface area contributed by atoms with E-state index in [-0.39, 0.29) is 30.3 Å². The zero-order chi connectivity index (χ0) is 21.1. The van der Waals surface area contributed by atoms with Crippen LogP contribution in [0.1, 0.15) is 16.1 Å². The predicted molar refractivity (Wildman–Crippen MR) is 107 cm³/mol. The highest BCUT2D eigenvalue weighted by molar-refractivity contribution is 7.13. The van der Waals surface area contributed by atoms with E-state index in [1.165, 1.54) is 23.5 Å². The average Bonchev–Trinajstić information content (AvgIpc) is 3.25. The lowest BCUT2D eigenvalue weighted by atomic mass is 10.1. The minimum atomic E-state index is -0.835. The van der Waals surface area contributed by atoms with Gasteiger partial charge >= 0.3 is 5.97 Å². The molecule has 0 aliphatic carbocycles. The van der Waals surface area contributed by atoms with E-state index in [9.17, 15) is 14.9 Å². The summed E-state index contributed by atoms with van der Waals surface area (Å²) in [5, 5.41) is 13.9. The molecule has 0 bridgehead atoms. The van der Waals surface area contributed by atoms with Crippen LogP contribution in [0.3, 0.4) is 0 Å². The summed E-state index contributed by atoms with van der Waals surface area (Å²) < 4.78 is 21.2. The molecule has 0 unspecified atom stereocenters. The van der Waals surface area contributed by atoms with Crippen LogP contribution in [0.2, 0.25) is 0 Å². The maximum absolute atomic E-state index is 12.5. The molecule has 1 aliphatic heterocycles. The van der Waals surface area contributed by atoms with Gasteiger partial charge in [-0.25, -0.2) is 9.78 Å². The quantitative estimate of drug-likeness (QED) is 0.331. The minimum Gasteiger partial charge on any atom is -0.497 e. The SMILES string of the molecule is COc1ccc(-c2nc(COC(=O)c3cc4c(cc3[N+](=O)[O-])OCCO4)cs2)cc1. The Kier molecular flexibility index (Phi) is 5.48. The molecule has 154 valence electrons. The highest BCUT2D eigenvalue weighted by Crippen LogP contribution is 2.37. The van der Waals surface area contributed by atoms with E-state index in [0.717, 1.165) is 16.3 Å². The zero-order valence-electron chi connectivity index (χ0n) is 15.8. The van der Waals surface area contributed by atoms with Crippen LogP contribution in [0.15, 0.2) is 41.8 Å². The van der Waals surface area contributed by atoms with Crippen LogP contribution in [0, 0.1) is 10.1 Å². The summed E-state index contributed by atoms with van der Waals surface area (Å²) in [4.78, 5) is 27.7. The van der Waals surface area contributed by atoms with Gasteiger partial charge in [0.25, 0.3) is 5.69 Å². The number of nitrogens with zero attached hydrogens (tertiary/aromatic N) is 2. The molecule has 2 aromatic carbocycles. The highest BCUT2D eigenvalue weighted by atomic mass is 32.1. The van der Waals surface area contributed by atoms with Crippen LogP contribution >= 0.6 is 11.3 Å². The number of rotatable bonds is 6. The predicted octanol–water partition coefficient (Wildman–Crippen LogP) is 3.86. The summed E-state index contributed by atoms with van der Waals surface area (Å²) in [7, 11) is 1.59. The molecule has 0 saturated heterocycles. The largest absolute Gasteiger partial charge is 0.497 e. The summed E-state index contributed by atoms with van der Waals surface area (Å²) >= 11 is 1.40. The van der Waals surface area contributed by atoms with Gasteiger partial charge < -0.3 is 18.9 Å². The normalized spacial score (nSPS) is 12.3. The van der Waals surface area contributed by atoms with Crippen molar-refractivity contribution in [1.82, 2.24) is 4.98 Å². The topological polar surface area (TPSA) is 110 Å². The number of esters is 1. The van der Waals surface area contributed by atoms with Gasteiger partial charge in [-0.2, -0.15) is 0 Å². The van der Waals surface area contributed by atoms with Crippen LogP contribution < -0.4 is 14.2 Å². The van der Waals surface area contributed by atoms with Crippen LogP contribution in [0.5, 0.6) is 17.2 Å². The number of ether oxygens (including phenoxy) is 4. The first-order chi connectivity index (χ1) is 14.5. The molecular weight excluding hydrogens is 412 g/mol. The molecule has 4 rings (SSSR count). The van der Waals surface area contributed by atoms with Gasteiger partial charge in [-0.1, -0.05) is 0 Å². The molecular formula is C20H16N2O7S. The summed E-state index contributed by atoms with van der Waals surface area (Å²) in [6.45, 7) is 0.470. The number of nitro groups is 1. The van der Waals surface area contributed by atoms with Crippen molar-refractivity contribution in [3.8, 4) is 27.8 Å². The Morgan fingerprint density at radius 2 is 1.90 bits per heavy atom. The number of aromatic nitrogens is 1. The number of thiazole rings is 1. The molecule has 0 fully saturated rings. The van der Waals surface area contributed by atoms with Crippen LogP contribution in [0.4, 0.5) is 5.69 Å². The lowest BCUT2D eigenvalue weighted by molar-refractivity contribution is -0.385. The van der Waals surface area contributed by atoms with Gasteiger partial charge in [-0.15, -0.1) is 11.3 Å². The molecule has 1 aliphatic rings. The maximum Gasteiger partial charge on any atom is 0.345 e. The van der Waals surface area contributed by atoms with Crippen molar-refractivity contribution in [2.45, 2.75) is 6.61 Å². The molecule has 0 amide bonds. The lowest BCUT2D eigenvalue weighted by Gasteiger charge is -2.18. The average molecular weight is 428 g/mol. The van der Waals surface area contributed by atoms with Gasteiger partial charge in [0.05, 0.1) is 23.8 Å². The summed E-state index contributed by atoms with van der Waals surface area (Å²) in [5.74, 6) is 0.408. The first-order valence-electron chi connectivity index (χ1n) is 8.89. The van der Waals surface area contributed by atoms with Crippen molar-refractivity contribution in [2.75, 3.05) is 20.3 Å². The molecule has 0 N–H and O–H groups in total. The molecule has 30 heavy (non-hydrogen) atoms. The van der Waals surface area contributed by atoms with Crippen LogP contribution in [-0.4, -0.2) is 36.2 Å². The Morgan fingerprint density at radius 1 is 1.20 bits per heavy atom. The fraction of sp³-hybridized carbons (Fsp3) is 0.200. The monoisotopic (exact) mass is 428 g/mol. The van der Waals surface area contributed by atoms with Crippen molar-refractivity contribution in [1.29, 1.82) is 0 Å². The van der Waals surface area contributed by atoms with E-state index in [0.29, 0.717) is 12.3 Å². The van der Waals surface area contributed by atoms with E-state index < -0.39 is 16.6 Å². The third-order valence-corrected chi connectivity index (χ3v) is 5.26. The summed E-state index contributed by atoms with van der Waals surface area (Å²) in [6.07, 6.45) is 0. The first-order valence-corrected chi connectivity index (χ1v) is 9.77. The number of carbonyl (C=O) groups is 1. The lowest BCUT2D eigenvalue weighted by Crippen LogP contribution is -2.17. The van der Waals surface area contributed by atoms with E-state index in [1.807, 2.05) is 24.3 Å². The van der Waals surface area contributed by atoms with Gasteiger partial charge in [0.1, 0.15) is 36.1 Å². The molecule has 2 heterocycles. The first kappa shape index (κ1) is 19.6. The second-order valence-corrected chi connectivity index (χ2v) is 7.08. The Morgan fingerprint density at radius 3 is 2.57 bits per heavy atom. The van der Waals surface area contributed by atoms with Gasteiger partial charge in [0.2, 0.25) is 0 Å². The number of nitro benzene ring substituents is 1. The molecule has 0 radical (unpaired) electrons. The Hall–Kier alpha value is -3.66. The second kappa shape index (κ2) is 8.37. The van der Waals surface area contributed by atoms with Crippen molar-refractivity contribution < 1.29 is 28.7 Å². The Labute approximate surface area is 174 Å². The van der Waals surface area contributed by atoms with E-state index in [1.54, 1.807) is 12.5 Å². The van der Waals surface area contributed by atoms with Crippen LogP contribution in [0.25, 0.3) is 10.6 Å². The Balaban J connectivity index is 1.48. The zero-order valence-corrected chi connectivity index (χ0v) is 16.6. The van der Waals surface area contributed by atoms with Crippen molar-refractivity contribution in [3.05, 3.63) is 63.1 Å². The molecule has 9 nitrogen and oxygen atoms in total. The number of benzene rings is 2. The van der Waals surface area contributed by atoms with Gasteiger partial charge in [0, 0.05) is 17.0 Å². The molecule has 0 spiro atoms. The molecule has 0 saturated carbocycles. The number of hydrogen-bond donors (Lipinski definition) is 0. The van der Waals surface area contributed by atoms with Crippen LogP contribution in [-0.2, 0) is 11.3 Å². The highest BCUT2D eigenvalue weighted by Gasteiger charge is 2.27. The standard InChI is InChI=1S/C20H16N2O7S/c1-26-14-4-2-12(3-5-14)19-21-13(11-30-19)10-29-20(23)15-8-17-18(28-7-6-27-17)9-16(15)22(24)25/h2-5,8-9,11H,6-7,10H2,1H3. The van der Waals surface area contributed by atoms with E-state index >= 15 is 0 Å². The van der Waals surface area contributed by atoms with Crippen molar-refractivity contribution in [2.24, 2.45) is 0 Å². The third-order valence-electron chi connectivity index (χ3n) is 4.32. The fourth-order valence-corrected chi connectivity index (χ4v) is 3.66. The number of fused-ring (bicyclic) bond motifs is 1. The Bertz CT molecular complexity index is 1100. The molecule has 10 heteroatoms. The van der Waals surface area contributed by atoms with Gasteiger partial charge in [-0.3, -0.25) is 10.1 Å². The second-order valence-electron chi connectivity index (χ2n) is 6.22. The van der Waals surface area contributed by atoms with Gasteiger partial charge in [-0.05, 0) is 24.3 Å². The number of hydrogen-bond acceptors (Lipinski definition) is 9. The van der Waals surface area contributed by atoms with Crippen molar-refractivity contribution in [3.63, 3.8) is 0 Å². The number of methoxy groups -OCH3 is 1. The van der Waals surface area contributed by atoms with E-state index in [2.05, 4.69) is 4.98 Å². The summed E-state index contributed by atoms with van der Waals surface area (Å²) in [5.41, 5.74) is 0.844. The third kappa shape index (κ3) is 4.03. The van der Waals surface area contributed by atoms with E-state index in [4.69, 9.17) is 18.9 Å². The smallest absolute Gasteiger partial charge is 0.345 e. The number of carbonyl (C=O) groups excluding carboxylic acids is 1. The molecule has 1 aromatic heterocycles. The summed E-state index contributed by atoms with van der Waals surface area (Å²) in [6, 6.07) is 9.88. The maximum atomic E-state index is 12.5.